The normalized spacial score (nSPS) is 10.3. The number of carbonyl (C=O) groups is 1. The molecule has 1 aromatic heterocycles. The van der Waals surface area contributed by atoms with E-state index >= 15 is 0 Å². The van der Waals surface area contributed by atoms with Crippen LogP contribution in [0.1, 0.15) is 34.2 Å². The summed E-state index contributed by atoms with van der Waals surface area (Å²) in [6, 6.07) is 16.8. The van der Waals surface area contributed by atoms with Crippen molar-refractivity contribution >= 4 is 47.3 Å². The first-order valence-electron chi connectivity index (χ1n) is 10.1. The topological polar surface area (TPSA) is 79.4 Å². The minimum Gasteiger partial charge on any atom is -0.486 e. The highest BCUT2D eigenvalue weighted by molar-refractivity contribution is 5.94. The quantitative estimate of drug-likeness (QED) is 0.259. The highest BCUT2D eigenvalue weighted by Gasteiger charge is 2.11. The van der Waals surface area contributed by atoms with Gasteiger partial charge in [-0.05, 0) is 68.3 Å². The number of aromatic nitrogens is 2. The number of anilines is 1. The number of imidazole rings is 1. The Morgan fingerprint density at radius 1 is 0.970 bits per heavy atom. The summed E-state index contributed by atoms with van der Waals surface area (Å²) in [5, 5.41) is 0. The average molecular weight is 488 g/mol. The summed E-state index contributed by atoms with van der Waals surface area (Å²) in [5.74, 6) is 2.89. The molecule has 0 saturated carbocycles. The van der Waals surface area contributed by atoms with Crippen LogP contribution in [0.15, 0.2) is 54.6 Å². The third-order valence-electron chi connectivity index (χ3n) is 5.36. The number of fused-ring (bicyclic) bond motifs is 1. The molecule has 0 aliphatic carbocycles. The van der Waals surface area contributed by atoms with Crippen molar-refractivity contribution in [2.24, 2.45) is 7.05 Å². The molecule has 0 bridgehead atoms. The van der Waals surface area contributed by atoms with Crippen molar-refractivity contribution in [3.8, 4) is 17.2 Å². The maximum absolute atomic E-state index is 11.6. The summed E-state index contributed by atoms with van der Waals surface area (Å²) in [4.78, 5) is 16.2. The summed E-state index contributed by atoms with van der Waals surface area (Å²) >= 11 is 0. The lowest BCUT2D eigenvalue weighted by atomic mass is 10.1. The Labute approximate surface area is 205 Å². The van der Waals surface area contributed by atoms with E-state index in [9.17, 15) is 4.79 Å². The van der Waals surface area contributed by atoms with Crippen molar-refractivity contribution in [1.82, 2.24) is 9.55 Å². The fourth-order valence-electron chi connectivity index (χ4n) is 3.49. The van der Waals surface area contributed by atoms with Crippen molar-refractivity contribution in [3.63, 3.8) is 0 Å². The molecule has 8 heteroatoms. The number of ether oxygens (including phenoxy) is 2. The smallest absolute Gasteiger partial charge is 0.159 e. The summed E-state index contributed by atoms with van der Waals surface area (Å²) in [7, 11) is 1.95. The first-order valence-corrected chi connectivity index (χ1v) is 10.1. The van der Waals surface area contributed by atoms with E-state index in [1.165, 1.54) is 6.92 Å². The molecular formula is C25H27Cl2N3O3. The lowest BCUT2D eigenvalue weighted by Crippen LogP contribution is -2.04. The number of nitrogen functional groups attached to an aromatic ring is 1. The van der Waals surface area contributed by atoms with Gasteiger partial charge in [0.2, 0.25) is 0 Å². The molecule has 33 heavy (non-hydrogen) atoms. The number of nitrogens with zero attached hydrogens (tertiary/aromatic N) is 2. The van der Waals surface area contributed by atoms with Gasteiger partial charge in [0.15, 0.2) is 5.78 Å². The summed E-state index contributed by atoms with van der Waals surface area (Å²) in [6.07, 6.45) is 0. The third-order valence-corrected chi connectivity index (χ3v) is 5.36. The van der Waals surface area contributed by atoms with Gasteiger partial charge in [-0.3, -0.25) is 4.79 Å². The molecule has 0 aliphatic heterocycles. The molecule has 0 saturated heterocycles. The maximum atomic E-state index is 11.6. The largest absolute Gasteiger partial charge is 0.486 e. The highest BCUT2D eigenvalue weighted by Crippen LogP contribution is 2.30. The van der Waals surface area contributed by atoms with Crippen LogP contribution < -0.4 is 15.2 Å². The molecule has 4 rings (SSSR count). The summed E-state index contributed by atoms with van der Waals surface area (Å²) < 4.78 is 13.9. The van der Waals surface area contributed by atoms with Crippen molar-refractivity contribution in [2.45, 2.75) is 27.4 Å². The Hall–Kier alpha value is -3.22. The Bertz CT molecular complexity index is 1280. The summed E-state index contributed by atoms with van der Waals surface area (Å²) in [5.41, 5.74) is 11.2. The van der Waals surface area contributed by atoms with E-state index in [0.717, 1.165) is 45.2 Å². The lowest BCUT2D eigenvalue weighted by Gasteiger charge is -2.11. The van der Waals surface area contributed by atoms with Crippen molar-refractivity contribution in [3.05, 3.63) is 77.1 Å². The lowest BCUT2D eigenvalue weighted by molar-refractivity contribution is 0.101. The highest BCUT2D eigenvalue weighted by atomic mass is 35.5. The van der Waals surface area contributed by atoms with E-state index in [4.69, 9.17) is 15.2 Å². The van der Waals surface area contributed by atoms with Crippen molar-refractivity contribution in [2.75, 3.05) is 5.73 Å². The molecule has 0 spiro atoms. The molecule has 0 aliphatic rings. The van der Waals surface area contributed by atoms with Crippen LogP contribution in [0, 0.1) is 13.8 Å². The van der Waals surface area contributed by atoms with Crippen LogP contribution in [0.2, 0.25) is 0 Å². The van der Waals surface area contributed by atoms with E-state index in [1.807, 2.05) is 67.9 Å². The molecular weight excluding hydrogens is 461 g/mol. The molecule has 6 nitrogen and oxygen atoms in total. The monoisotopic (exact) mass is 487 g/mol. The second kappa shape index (κ2) is 10.6. The van der Waals surface area contributed by atoms with Gasteiger partial charge in [0.05, 0.1) is 11.0 Å². The van der Waals surface area contributed by atoms with Gasteiger partial charge in [0.1, 0.15) is 29.7 Å². The number of hydrogen-bond acceptors (Lipinski definition) is 5. The zero-order valence-electron chi connectivity index (χ0n) is 18.9. The van der Waals surface area contributed by atoms with Crippen molar-refractivity contribution in [1.29, 1.82) is 0 Å². The Morgan fingerprint density at radius 2 is 1.67 bits per heavy atom. The van der Waals surface area contributed by atoms with Gasteiger partial charge >= 0.3 is 0 Å². The van der Waals surface area contributed by atoms with Crippen LogP contribution in [0.5, 0.6) is 17.2 Å². The van der Waals surface area contributed by atoms with Crippen LogP contribution in [0.4, 0.5) is 5.69 Å². The molecule has 0 unspecified atom stereocenters. The number of Topliss-reactive ketones (excluding diaryl/α,β-unsaturated/α-hetero) is 1. The van der Waals surface area contributed by atoms with Gasteiger partial charge in [-0.1, -0.05) is 12.1 Å². The van der Waals surface area contributed by atoms with Gasteiger partial charge in [0.25, 0.3) is 0 Å². The first kappa shape index (κ1) is 26.0. The van der Waals surface area contributed by atoms with Gasteiger partial charge in [-0.25, -0.2) is 4.98 Å². The minimum atomic E-state index is 0. The van der Waals surface area contributed by atoms with Gasteiger partial charge < -0.3 is 19.8 Å². The molecule has 4 aromatic rings. The SMILES string of the molecule is CC(=O)c1cccc(OCc2nc3ccc(Oc4cc(C)c(N)c(C)c4)cc3n2C)c1.Cl.Cl. The average Bonchev–Trinajstić information content (AvgIpc) is 3.06. The fraction of sp³-hybridized carbons (Fsp3) is 0.200. The number of aryl methyl sites for hydroxylation is 3. The van der Waals surface area contributed by atoms with Gasteiger partial charge in [0, 0.05) is 24.4 Å². The minimum absolute atomic E-state index is 0. The molecule has 0 radical (unpaired) electrons. The Balaban J connectivity index is 0.00000193. The molecule has 174 valence electrons. The number of benzene rings is 3. The second-order valence-electron chi connectivity index (χ2n) is 7.68. The summed E-state index contributed by atoms with van der Waals surface area (Å²) in [6.45, 7) is 5.77. The van der Waals surface area contributed by atoms with E-state index < -0.39 is 0 Å². The molecule has 2 N–H and O–H groups in total. The van der Waals surface area contributed by atoms with Crippen LogP contribution in [0.25, 0.3) is 11.0 Å². The van der Waals surface area contributed by atoms with Gasteiger partial charge in [-0.2, -0.15) is 0 Å². The predicted molar refractivity (Wildman–Crippen MR) is 136 cm³/mol. The zero-order chi connectivity index (χ0) is 22.1. The molecule has 0 atom stereocenters. The van der Waals surface area contributed by atoms with E-state index in [2.05, 4.69) is 4.98 Å². The van der Waals surface area contributed by atoms with Gasteiger partial charge in [-0.15, -0.1) is 24.8 Å². The molecule has 1 heterocycles. The van der Waals surface area contributed by atoms with Crippen LogP contribution in [-0.4, -0.2) is 15.3 Å². The second-order valence-corrected chi connectivity index (χ2v) is 7.68. The predicted octanol–water partition coefficient (Wildman–Crippen LogP) is 6.19. The first-order chi connectivity index (χ1) is 14.8. The number of carbonyl (C=O) groups excluding carboxylic acids is 1. The zero-order valence-corrected chi connectivity index (χ0v) is 20.5. The number of ketones is 1. The Kier molecular flexibility index (Phi) is 8.36. The fourth-order valence-corrected chi connectivity index (χ4v) is 3.49. The standard InChI is InChI=1S/C25H25N3O3.2ClH/c1-15-10-21(11-16(2)25(15)26)31-20-8-9-22-23(13-20)28(4)24(27-22)14-30-19-7-5-6-18(12-19)17(3)29;;/h5-13H,14,26H2,1-4H3;2*1H. The van der Waals surface area contributed by atoms with E-state index in [-0.39, 0.29) is 30.6 Å². The van der Waals surface area contributed by atoms with E-state index in [0.29, 0.717) is 17.9 Å². The molecule has 0 fully saturated rings. The number of halogens is 2. The van der Waals surface area contributed by atoms with Crippen LogP contribution in [-0.2, 0) is 13.7 Å². The number of hydrogen-bond donors (Lipinski definition) is 1. The van der Waals surface area contributed by atoms with E-state index in [1.54, 1.807) is 12.1 Å². The molecule has 0 amide bonds. The van der Waals surface area contributed by atoms with Crippen molar-refractivity contribution < 1.29 is 14.3 Å². The van der Waals surface area contributed by atoms with Crippen LogP contribution in [0.3, 0.4) is 0 Å². The van der Waals surface area contributed by atoms with Crippen LogP contribution >= 0.6 is 24.8 Å². The Morgan fingerprint density at radius 3 is 2.33 bits per heavy atom. The number of nitrogens with two attached hydrogens (primary N) is 1. The molecule has 3 aromatic carbocycles. The number of rotatable bonds is 6. The maximum Gasteiger partial charge on any atom is 0.159 e. The third kappa shape index (κ3) is 5.59.